The van der Waals surface area contributed by atoms with E-state index >= 15 is 0 Å². The van der Waals surface area contributed by atoms with Gasteiger partial charge in [0.05, 0.1) is 23.0 Å². The van der Waals surface area contributed by atoms with Crippen LogP contribution in [0.2, 0.25) is 0 Å². The second kappa shape index (κ2) is 11.7. The zero-order valence-electron chi connectivity index (χ0n) is 20.2. The highest BCUT2D eigenvalue weighted by molar-refractivity contribution is 9.10. The number of hydrogen-bond donors (Lipinski definition) is 1. The highest BCUT2D eigenvalue weighted by atomic mass is 79.9. The Kier molecular flexibility index (Phi) is 9.49. The van der Waals surface area contributed by atoms with E-state index in [0.29, 0.717) is 18.7 Å². The van der Waals surface area contributed by atoms with Crippen LogP contribution in [0.5, 0.6) is 5.75 Å². The molecule has 0 aliphatic rings. The number of methoxy groups -OCH3 is 1. The molecule has 0 bridgehead atoms. The Hall–Kier alpha value is -2.38. The molecule has 0 saturated carbocycles. The first-order valence-electron chi connectivity index (χ1n) is 11.0. The van der Waals surface area contributed by atoms with E-state index < -0.39 is 9.74 Å². The van der Waals surface area contributed by atoms with Crippen LogP contribution in [0, 0.1) is 5.41 Å². The monoisotopic (exact) mass is 519 g/mol. The number of alkyl halides is 1. The molecule has 1 amide bonds. The lowest BCUT2D eigenvalue weighted by Crippen LogP contribution is -2.30. The molecule has 6 nitrogen and oxygen atoms in total. The summed E-state index contributed by atoms with van der Waals surface area (Å²) in [6, 6.07) is 14.9. The minimum atomic E-state index is -0.741. The summed E-state index contributed by atoms with van der Waals surface area (Å²) >= 11 is 3.34. The summed E-state index contributed by atoms with van der Waals surface area (Å²) < 4.78 is 16.1. The Balaban J connectivity index is 1.97. The maximum atomic E-state index is 12.9. The fourth-order valence-electron chi connectivity index (χ4n) is 3.15. The molecule has 0 saturated heterocycles. The maximum Gasteiger partial charge on any atom is 0.311 e. The number of carbonyl (C=O) groups is 2. The Morgan fingerprint density at radius 3 is 2.12 bits per heavy atom. The smallest absolute Gasteiger partial charge is 0.311 e. The van der Waals surface area contributed by atoms with Crippen LogP contribution in [-0.4, -0.2) is 29.9 Å². The van der Waals surface area contributed by atoms with Crippen LogP contribution < -0.4 is 10.1 Å². The van der Waals surface area contributed by atoms with E-state index in [9.17, 15) is 9.59 Å². The number of carbonyl (C=O) groups excluding carboxylic acids is 2. The quantitative estimate of drug-likeness (QED) is 0.289. The number of hydrogen-bond acceptors (Lipinski definition) is 5. The highest BCUT2D eigenvalue weighted by Gasteiger charge is 2.33. The topological polar surface area (TPSA) is 73.9 Å². The summed E-state index contributed by atoms with van der Waals surface area (Å²) in [5.74, 6) is 0.345. The second-order valence-corrected chi connectivity index (χ2v) is 11.0. The van der Waals surface area contributed by atoms with Gasteiger partial charge < -0.3 is 19.5 Å². The molecule has 33 heavy (non-hydrogen) atoms. The van der Waals surface area contributed by atoms with Crippen molar-refractivity contribution in [1.29, 1.82) is 0 Å². The molecule has 180 valence electrons. The average molecular weight is 520 g/mol. The summed E-state index contributed by atoms with van der Waals surface area (Å²) in [6.07, 6.45) is 0.254. The van der Waals surface area contributed by atoms with E-state index in [1.165, 1.54) is 0 Å². The molecule has 0 aromatic heterocycles. The molecule has 1 unspecified atom stereocenters. The normalized spacial score (nSPS) is 12.7. The zero-order valence-corrected chi connectivity index (χ0v) is 21.8. The van der Waals surface area contributed by atoms with Gasteiger partial charge in [-0.25, -0.2) is 0 Å². The Bertz CT molecular complexity index is 917. The zero-order chi connectivity index (χ0) is 24.6. The van der Waals surface area contributed by atoms with Crippen molar-refractivity contribution in [3.05, 3.63) is 59.7 Å². The summed E-state index contributed by atoms with van der Waals surface area (Å²) in [6.45, 7) is 9.93. The van der Waals surface area contributed by atoms with Gasteiger partial charge in [0, 0.05) is 12.3 Å². The predicted molar refractivity (Wildman–Crippen MR) is 134 cm³/mol. The van der Waals surface area contributed by atoms with Crippen LogP contribution in [0.25, 0.3) is 0 Å². The first kappa shape index (κ1) is 26.9. The van der Waals surface area contributed by atoms with Crippen molar-refractivity contribution in [2.75, 3.05) is 19.0 Å². The van der Waals surface area contributed by atoms with Gasteiger partial charge in [-0.2, -0.15) is 0 Å². The number of benzene rings is 2. The molecule has 0 spiro atoms. The predicted octanol–water partition coefficient (Wildman–Crippen LogP) is 6.04. The lowest BCUT2D eigenvalue weighted by Gasteiger charge is -2.28. The van der Waals surface area contributed by atoms with E-state index in [-0.39, 0.29) is 24.6 Å². The molecule has 1 N–H and O–H groups in total. The molecule has 7 heteroatoms. The summed E-state index contributed by atoms with van der Waals surface area (Å²) in [4.78, 5) is 24.9. The molecular formula is C26H34BrNO5. The van der Waals surface area contributed by atoms with Crippen molar-refractivity contribution >= 4 is 33.5 Å². The average Bonchev–Trinajstić information content (AvgIpc) is 2.77. The van der Waals surface area contributed by atoms with Gasteiger partial charge in [-0.1, -0.05) is 40.2 Å². The minimum Gasteiger partial charge on any atom is -0.497 e. The number of ether oxygens (including phenoxy) is 3. The standard InChI is InChI=1S/C26H34BrNO5/c1-7-32-22(19-10-14-21(31-6)15-11-19)16-25(2,3)24(30)33-17-18-8-12-20(13-9-18)28-23(29)26(4,5)27/h8-15,22H,7,16-17H2,1-6H3,(H,28,29). The third kappa shape index (κ3) is 8.16. The van der Waals surface area contributed by atoms with Crippen molar-refractivity contribution in [1.82, 2.24) is 0 Å². The van der Waals surface area contributed by atoms with E-state index in [2.05, 4.69) is 21.2 Å². The van der Waals surface area contributed by atoms with Crippen molar-refractivity contribution in [2.24, 2.45) is 5.41 Å². The largest absolute Gasteiger partial charge is 0.497 e. The second-order valence-electron chi connectivity index (χ2n) is 9.00. The van der Waals surface area contributed by atoms with Gasteiger partial charge in [0.1, 0.15) is 12.4 Å². The third-order valence-corrected chi connectivity index (χ3v) is 5.59. The molecule has 0 aliphatic carbocycles. The molecule has 2 rings (SSSR count). The fourth-order valence-corrected chi connectivity index (χ4v) is 3.25. The number of anilines is 1. The fraction of sp³-hybridized carbons (Fsp3) is 0.462. The first-order valence-corrected chi connectivity index (χ1v) is 11.8. The lowest BCUT2D eigenvalue weighted by molar-refractivity contribution is -0.157. The molecule has 2 aromatic rings. The molecule has 1 atom stereocenters. The lowest BCUT2D eigenvalue weighted by atomic mass is 9.84. The van der Waals surface area contributed by atoms with Gasteiger partial charge in [0.15, 0.2) is 0 Å². The van der Waals surface area contributed by atoms with Gasteiger partial charge in [0.25, 0.3) is 0 Å². The molecule has 2 aromatic carbocycles. The van der Waals surface area contributed by atoms with Gasteiger partial charge >= 0.3 is 5.97 Å². The molecule has 0 heterocycles. The first-order chi connectivity index (χ1) is 15.5. The van der Waals surface area contributed by atoms with E-state index in [1.54, 1.807) is 33.1 Å². The van der Waals surface area contributed by atoms with E-state index in [0.717, 1.165) is 16.9 Å². The minimum absolute atomic E-state index is 0.135. The number of halogens is 1. The molecular weight excluding hydrogens is 486 g/mol. The number of amides is 1. The van der Waals surface area contributed by atoms with Crippen LogP contribution in [-0.2, 0) is 25.7 Å². The summed E-state index contributed by atoms with van der Waals surface area (Å²) in [5.41, 5.74) is 1.77. The summed E-state index contributed by atoms with van der Waals surface area (Å²) in [5, 5.41) is 2.84. The Morgan fingerprint density at radius 2 is 1.61 bits per heavy atom. The van der Waals surface area contributed by atoms with Gasteiger partial charge in [0.2, 0.25) is 5.91 Å². The van der Waals surface area contributed by atoms with Crippen molar-refractivity contribution in [3.8, 4) is 5.75 Å². The third-order valence-electron chi connectivity index (χ3n) is 5.23. The van der Waals surface area contributed by atoms with Crippen molar-refractivity contribution in [2.45, 2.75) is 58.1 Å². The number of nitrogens with one attached hydrogen (secondary N) is 1. The maximum absolute atomic E-state index is 12.9. The number of esters is 1. The summed E-state index contributed by atoms with van der Waals surface area (Å²) in [7, 11) is 1.63. The highest BCUT2D eigenvalue weighted by Crippen LogP contribution is 2.34. The Labute approximate surface area is 205 Å². The van der Waals surface area contributed by atoms with Crippen molar-refractivity contribution in [3.63, 3.8) is 0 Å². The molecule has 0 radical (unpaired) electrons. The molecule has 0 fully saturated rings. The van der Waals surface area contributed by atoms with Crippen LogP contribution in [0.1, 0.15) is 58.3 Å². The van der Waals surface area contributed by atoms with Crippen LogP contribution in [0.3, 0.4) is 0 Å². The van der Waals surface area contributed by atoms with Gasteiger partial charge in [-0.3, -0.25) is 9.59 Å². The van der Waals surface area contributed by atoms with E-state index in [4.69, 9.17) is 14.2 Å². The van der Waals surface area contributed by atoms with E-state index in [1.807, 2.05) is 57.2 Å². The van der Waals surface area contributed by atoms with Crippen molar-refractivity contribution < 1.29 is 23.8 Å². The SMILES string of the molecule is CCOC(CC(C)(C)C(=O)OCc1ccc(NC(=O)C(C)(C)Br)cc1)c1ccc(OC)cc1. The van der Waals surface area contributed by atoms with Crippen LogP contribution in [0.15, 0.2) is 48.5 Å². The Morgan fingerprint density at radius 1 is 1.00 bits per heavy atom. The molecule has 0 aliphatic heterocycles. The van der Waals surface area contributed by atoms with Gasteiger partial charge in [-0.15, -0.1) is 0 Å². The number of rotatable bonds is 11. The van der Waals surface area contributed by atoms with Crippen LogP contribution >= 0.6 is 15.9 Å². The van der Waals surface area contributed by atoms with Crippen LogP contribution in [0.4, 0.5) is 5.69 Å². The van der Waals surface area contributed by atoms with Gasteiger partial charge in [-0.05, 0) is 76.4 Å².